The molecule has 0 atom stereocenters. The van der Waals surface area contributed by atoms with E-state index in [0.717, 1.165) is 0 Å². The van der Waals surface area contributed by atoms with Crippen LogP contribution in [0.3, 0.4) is 0 Å². The van der Waals surface area contributed by atoms with Crippen molar-refractivity contribution in [1.29, 1.82) is 0 Å². The van der Waals surface area contributed by atoms with Crippen molar-refractivity contribution < 1.29 is 12.8 Å². The Kier molecular flexibility index (Phi) is 4.49. The third-order valence-corrected chi connectivity index (χ3v) is 4.70. The number of nitrogens with one attached hydrogen (secondary N) is 1. The largest absolute Gasteiger partial charge is 0.468 e. The van der Waals surface area contributed by atoms with E-state index in [1.54, 1.807) is 25.1 Å². The van der Waals surface area contributed by atoms with E-state index in [9.17, 15) is 8.42 Å². The molecule has 0 saturated heterocycles. The zero-order valence-electron chi connectivity index (χ0n) is 10.9. The van der Waals surface area contributed by atoms with Crippen LogP contribution in [0.15, 0.2) is 39.8 Å². The molecule has 0 aliphatic carbocycles. The van der Waals surface area contributed by atoms with Crippen LogP contribution in [0.2, 0.25) is 5.02 Å². The fourth-order valence-electron chi connectivity index (χ4n) is 1.86. The molecule has 1 heterocycles. The quantitative estimate of drug-likeness (QED) is 0.885. The van der Waals surface area contributed by atoms with E-state index in [0.29, 0.717) is 21.9 Å². The van der Waals surface area contributed by atoms with Crippen LogP contribution in [-0.2, 0) is 23.1 Å². The number of halogens is 1. The van der Waals surface area contributed by atoms with Crippen LogP contribution in [0.4, 0.5) is 0 Å². The van der Waals surface area contributed by atoms with E-state index in [2.05, 4.69) is 4.72 Å². The first-order valence-corrected chi connectivity index (χ1v) is 7.81. The minimum atomic E-state index is -3.67. The topological polar surface area (TPSA) is 85.3 Å². The highest BCUT2D eigenvalue weighted by atomic mass is 35.5. The van der Waals surface area contributed by atoms with Crippen LogP contribution < -0.4 is 10.5 Å². The lowest BCUT2D eigenvalue weighted by Crippen LogP contribution is -2.24. The highest BCUT2D eigenvalue weighted by Crippen LogP contribution is 2.24. The summed E-state index contributed by atoms with van der Waals surface area (Å²) in [4.78, 5) is 0.136. The monoisotopic (exact) mass is 314 g/mol. The van der Waals surface area contributed by atoms with Gasteiger partial charge in [0.25, 0.3) is 0 Å². The van der Waals surface area contributed by atoms with Crippen molar-refractivity contribution in [2.24, 2.45) is 5.73 Å². The van der Waals surface area contributed by atoms with Crippen molar-refractivity contribution in [3.8, 4) is 0 Å². The molecule has 3 N–H and O–H groups in total. The predicted octanol–water partition coefficient (Wildman–Crippen LogP) is 2.18. The SMILES string of the molecule is Cc1c(CN)cc(Cl)cc1S(=O)(=O)NCc1ccco1. The van der Waals surface area contributed by atoms with Crippen molar-refractivity contribution >= 4 is 21.6 Å². The first-order valence-electron chi connectivity index (χ1n) is 5.95. The molecular formula is C13H15ClN2O3S. The Morgan fingerprint density at radius 3 is 2.75 bits per heavy atom. The van der Waals surface area contributed by atoms with Crippen molar-refractivity contribution in [3.63, 3.8) is 0 Å². The molecule has 5 nitrogen and oxygen atoms in total. The Morgan fingerprint density at radius 2 is 2.15 bits per heavy atom. The molecule has 1 aromatic heterocycles. The summed E-state index contributed by atoms with van der Waals surface area (Å²) < 4.78 is 32.2. The first-order chi connectivity index (χ1) is 9.44. The minimum absolute atomic E-state index is 0.0826. The van der Waals surface area contributed by atoms with E-state index in [1.165, 1.54) is 12.3 Å². The molecule has 0 fully saturated rings. The number of hydrogen-bond donors (Lipinski definition) is 2. The van der Waals surface area contributed by atoms with Gasteiger partial charge in [0.05, 0.1) is 17.7 Å². The molecule has 1 aromatic carbocycles. The van der Waals surface area contributed by atoms with Gasteiger partial charge in [-0.15, -0.1) is 0 Å². The van der Waals surface area contributed by atoms with Gasteiger partial charge in [0.15, 0.2) is 0 Å². The molecule has 0 unspecified atom stereocenters. The smallest absolute Gasteiger partial charge is 0.241 e. The molecule has 0 aliphatic heterocycles. The average molecular weight is 315 g/mol. The van der Waals surface area contributed by atoms with Gasteiger partial charge in [-0.2, -0.15) is 0 Å². The van der Waals surface area contributed by atoms with Crippen molar-refractivity contribution in [2.45, 2.75) is 24.9 Å². The lowest BCUT2D eigenvalue weighted by molar-refractivity contribution is 0.498. The van der Waals surface area contributed by atoms with Crippen LogP contribution in [0.1, 0.15) is 16.9 Å². The summed E-state index contributed by atoms with van der Waals surface area (Å²) in [5.74, 6) is 0.535. The van der Waals surface area contributed by atoms with Gasteiger partial charge in [0.1, 0.15) is 5.76 Å². The fraction of sp³-hybridized carbons (Fsp3) is 0.231. The lowest BCUT2D eigenvalue weighted by Gasteiger charge is -2.12. The normalized spacial score (nSPS) is 11.8. The standard InChI is InChI=1S/C13H15ClN2O3S/c1-9-10(7-15)5-11(14)6-13(9)20(17,18)16-8-12-3-2-4-19-12/h2-6,16H,7-8,15H2,1H3. The second-order valence-electron chi connectivity index (χ2n) is 4.30. The minimum Gasteiger partial charge on any atom is -0.468 e. The van der Waals surface area contributed by atoms with Gasteiger partial charge in [0.2, 0.25) is 10.0 Å². The van der Waals surface area contributed by atoms with E-state index in [4.69, 9.17) is 21.8 Å². The molecule has 108 valence electrons. The molecule has 0 amide bonds. The molecule has 2 rings (SSSR count). The Labute approximate surface area is 122 Å². The summed E-state index contributed by atoms with van der Waals surface area (Å²) in [7, 11) is -3.67. The molecule has 0 spiro atoms. The van der Waals surface area contributed by atoms with Crippen molar-refractivity contribution in [2.75, 3.05) is 0 Å². The number of hydrogen-bond acceptors (Lipinski definition) is 4. The molecule has 0 bridgehead atoms. The molecule has 0 radical (unpaired) electrons. The summed E-state index contributed by atoms with van der Waals surface area (Å²) >= 11 is 5.94. The zero-order chi connectivity index (χ0) is 14.8. The molecule has 2 aromatic rings. The van der Waals surface area contributed by atoms with E-state index < -0.39 is 10.0 Å². The lowest BCUT2D eigenvalue weighted by atomic mass is 10.1. The Morgan fingerprint density at radius 1 is 1.40 bits per heavy atom. The highest BCUT2D eigenvalue weighted by molar-refractivity contribution is 7.89. The molecule has 7 heteroatoms. The summed E-state index contributed by atoms with van der Waals surface area (Å²) in [6, 6.07) is 6.47. The molecule has 0 aliphatic rings. The number of rotatable bonds is 5. The van der Waals surface area contributed by atoms with Gasteiger partial charge < -0.3 is 10.2 Å². The maximum Gasteiger partial charge on any atom is 0.241 e. The summed E-state index contributed by atoms with van der Waals surface area (Å²) in [5, 5.41) is 0.342. The van der Waals surface area contributed by atoms with E-state index in [1.807, 2.05) is 0 Å². The van der Waals surface area contributed by atoms with Crippen LogP contribution in [0.5, 0.6) is 0 Å². The third kappa shape index (κ3) is 3.21. The van der Waals surface area contributed by atoms with Crippen LogP contribution in [0.25, 0.3) is 0 Å². The van der Waals surface area contributed by atoms with Gasteiger partial charge >= 0.3 is 0 Å². The molecular weight excluding hydrogens is 300 g/mol. The third-order valence-electron chi connectivity index (χ3n) is 2.96. The van der Waals surface area contributed by atoms with Crippen molar-refractivity contribution in [1.82, 2.24) is 4.72 Å². The fourth-order valence-corrected chi connectivity index (χ4v) is 3.47. The zero-order valence-corrected chi connectivity index (χ0v) is 12.5. The van der Waals surface area contributed by atoms with E-state index in [-0.39, 0.29) is 18.0 Å². The van der Waals surface area contributed by atoms with Crippen molar-refractivity contribution in [3.05, 3.63) is 52.4 Å². The Balaban J connectivity index is 2.31. The predicted molar refractivity (Wildman–Crippen MR) is 76.8 cm³/mol. The summed E-state index contributed by atoms with van der Waals surface area (Å²) in [6.07, 6.45) is 1.49. The van der Waals surface area contributed by atoms with Gasteiger partial charge in [-0.25, -0.2) is 13.1 Å². The molecule has 20 heavy (non-hydrogen) atoms. The summed E-state index contributed by atoms with van der Waals surface area (Å²) in [6.45, 7) is 2.02. The van der Waals surface area contributed by atoms with Gasteiger partial charge in [-0.3, -0.25) is 0 Å². The first kappa shape index (κ1) is 15.1. The number of benzene rings is 1. The Bertz CT molecular complexity index is 697. The maximum absolute atomic E-state index is 12.3. The second kappa shape index (κ2) is 5.97. The second-order valence-corrected chi connectivity index (χ2v) is 6.47. The average Bonchev–Trinajstić information content (AvgIpc) is 2.92. The number of sulfonamides is 1. The number of nitrogens with two attached hydrogens (primary N) is 1. The maximum atomic E-state index is 12.3. The molecule has 0 saturated carbocycles. The van der Waals surface area contributed by atoms with Gasteiger partial charge in [-0.05, 0) is 42.3 Å². The van der Waals surface area contributed by atoms with Crippen LogP contribution in [-0.4, -0.2) is 8.42 Å². The van der Waals surface area contributed by atoms with Gasteiger partial charge in [-0.1, -0.05) is 11.6 Å². The van der Waals surface area contributed by atoms with Gasteiger partial charge in [0, 0.05) is 11.6 Å². The van der Waals surface area contributed by atoms with E-state index >= 15 is 0 Å². The van der Waals surface area contributed by atoms with Crippen LogP contribution in [0, 0.1) is 6.92 Å². The Hall–Kier alpha value is -1.34. The van der Waals surface area contributed by atoms with Crippen LogP contribution >= 0.6 is 11.6 Å². The summed E-state index contributed by atoms with van der Waals surface area (Å²) in [5.41, 5.74) is 6.90. The number of furan rings is 1. The highest BCUT2D eigenvalue weighted by Gasteiger charge is 2.19.